The fourth-order valence-electron chi connectivity index (χ4n) is 1.58. The summed E-state index contributed by atoms with van der Waals surface area (Å²) in [5, 5.41) is 0. The molecule has 15 heavy (non-hydrogen) atoms. The highest BCUT2D eigenvalue weighted by molar-refractivity contribution is 6.03. The number of rotatable bonds is 4. The maximum Gasteiger partial charge on any atom is 0.330 e. The summed E-state index contributed by atoms with van der Waals surface area (Å²) in [6.07, 6.45) is 1.29. The molecule has 1 atom stereocenters. The maximum atomic E-state index is 11.7. The molecule has 1 aliphatic heterocycles. The zero-order valence-corrected chi connectivity index (χ0v) is 8.90. The van der Waals surface area contributed by atoms with Gasteiger partial charge in [-0.15, -0.1) is 0 Å². The van der Waals surface area contributed by atoms with Gasteiger partial charge in [-0.1, -0.05) is 0 Å². The molecule has 0 spiro atoms. The predicted molar refractivity (Wildman–Crippen MR) is 53.2 cm³/mol. The highest BCUT2D eigenvalue weighted by Crippen LogP contribution is 2.17. The quantitative estimate of drug-likeness (QED) is 0.522. The lowest BCUT2D eigenvalue weighted by molar-refractivity contribution is -0.149. The van der Waals surface area contributed by atoms with Gasteiger partial charge in [0, 0.05) is 19.1 Å². The third-order valence-electron chi connectivity index (χ3n) is 2.47. The average molecular weight is 215 g/mol. The van der Waals surface area contributed by atoms with Gasteiger partial charge < -0.3 is 15.2 Å². The summed E-state index contributed by atoms with van der Waals surface area (Å²) < 4.78 is 9.83. The minimum atomic E-state index is -1.13. The van der Waals surface area contributed by atoms with Crippen LogP contribution in [0.15, 0.2) is 0 Å². The Morgan fingerprint density at radius 2 is 2.07 bits per heavy atom. The monoisotopic (exact) mass is 215 g/mol. The van der Waals surface area contributed by atoms with E-state index in [2.05, 4.69) is 0 Å². The number of Topliss-reactive ketones (excluding diaryl/α,β-unsaturated/α-hetero) is 1. The van der Waals surface area contributed by atoms with Crippen LogP contribution >= 0.6 is 0 Å². The fourth-order valence-corrected chi connectivity index (χ4v) is 1.58. The highest BCUT2D eigenvalue weighted by atomic mass is 16.5. The topological polar surface area (TPSA) is 78.6 Å². The van der Waals surface area contributed by atoms with Gasteiger partial charge in [0.1, 0.15) is 0 Å². The molecule has 0 saturated carbocycles. The van der Waals surface area contributed by atoms with Crippen molar-refractivity contribution in [1.82, 2.24) is 0 Å². The van der Waals surface area contributed by atoms with E-state index < -0.39 is 12.0 Å². The second kappa shape index (κ2) is 5.82. The third-order valence-corrected chi connectivity index (χ3v) is 2.47. The standard InChI is InChI=1S/C10H17NO4/c1-2-15-10(13)8(11)9(12)7-3-5-14-6-4-7/h7-8H,2-6,11H2,1H3. The predicted octanol–water partition coefficient (Wildman–Crippen LogP) is -0.127. The summed E-state index contributed by atoms with van der Waals surface area (Å²) in [5.74, 6) is -1.01. The van der Waals surface area contributed by atoms with Crippen molar-refractivity contribution in [3.05, 3.63) is 0 Å². The lowest BCUT2D eigenvalue weighted by Crippen LogP contribution is -2.44. The molecule has 1 fully saturated rings. The number of ketones is 1. The Labute approximate surface area is 88.9 Å². The minimum absolute atomic E-state index is 0.154. The van der Waals surface area contributed by atoms with E-state index in [9.17, 15) is 9.59 Å². The zero-order chi connectivity index (χ0) is 11.3. The van der Waals surface area contributed by atoms with Crippen molar-refractivity contribution in [3.63, 3.8) is 0 Å². The lowest BCUT2D eigenvalue weighted by Gasteiger charge is -2.22. The molecule has 0 radical (unpaired) electrons. The zero-order valence-electron chi connectivity index (χ0n) is 8.90. The van der Waals surface area contributed by atoms with Gasteiger partial charge in [-0.05, 0) is 19.8 Å². The first-order valence-corrected chi connectivity index (χ1v) is 5.20. The Bertz CT molecular complexity index is 236. The average Bonchev–Trinajstić information content (AvgIpc) is 2.28. The summed E-state index contributed by atoms with van der Waals surface area (Å²) in [6.45, 7) is 3.05. The normalized spacial score (nSPS) is 19.6. The maximum absolute atomic E-state index is 11.7. The molecular weight excluding hydrogens is 198 g/mol. The number of esters is 1. The molecule has 0 aromatic carbocycles. The van der Waals surface area contributed by atoms with E-state index in [0.29, 0.717) is 26.1 Å². The van der Waals surface area contributed by atoms with Crippen molar-refractivity contribution in [2.75, 3.05) is 19.8 Å². The summed E-state index contributed by atoms with van der Waals surface area (Å²) in [7, 11) is 0. The van der Waals surface area contributed by atoms with E-state index in [1.165, 1.54) is 0 Å². The first-order chi connectivity index (χ1) is 7.16. The SMILES string of the molecule is CCOC(=O)C(N)C(=O)C1CCOCC1. The Morgan fingerprint density at radius 3 is 2.60 bits per heavy atom. The minimum Gasteiger partial charge on any atom is -0.464 e. The number of carbonyl (C=O) groups excluding carboxylic acids is 2. The molecule has 0 aromatic heterocycles. The van der Waals surface area contributed by atoms with Crippen molar-refractivity contribution < 1.29 is 19.1 Å². The van der Waals surface area contributed by atoms with Crippen molar-refractivity contribution >= 4 is 11.8 Å². The molecule has 1 heterocycles. The third kappa shape index (κ3) is 3.28. The van der Waals surface area contributed by atoms with Crippen LogP contribution in [-0.4, -0.2) is 37.6 Å². The van der Waals surface area contributed by atoms with Crippen molar-refractivity contribution in [3.8, 4) is 0 Å². The molecule has 0 aliphatic carbocycles. The Hall–Kier alpha value is -0.940. The summed E-state index contributed by atoms with van der Waals surface area (Å²) >= 11 is 0. The van der Waals surface area contributed by atoms with Crippen LogP contribution in [0.25, 0.3) is 0 Å². The van der Waals surface area contributed by atoms with E-state index in [4.69, 9.17) is 15.2 Å². The number of hydrogen-bond donors (Lipinski definition) is 1. The number of carbonyl (C=O) groups is 2. The fraction of sp³-hybridized carbons (Fsp3) is 0.800. The Kier molecular flexibility index (Phi) is 4.71. The molecule has 1 rings (SSSR count). The highest BCUT2D eigenvalue weighted by Gasteiger charge is 2.31. The molecule has 1 aliphatic rings. The van der Waals surface area contributed by atoms with E-state index >= 15 is 0 Å². The van der Waals surface area contributed by atoms with E-state index in [1.54, 1.807) is 6.92 Å². The van der Waals surface area contributed by atoms with E-state index in [0.717, 1.165) is 0 Å². The molecule has 0 aromatic rings. The summed E-state index contributed by atoms with van der Waals surface area (Å²) in [6, 6.07) is -1.13. The number of ether oxygens (including phenoxy) is 2. The van der Waals surface area contributed by atoms with Gasteiger partial charge in [-0.3, -0.25) is 4.79 Å². The van der Waals surface area contributed by atoms with Crippen LogP contribution in [0.3, 0.4) is 0 Å². The van der Waals surface area contributed by atoms with Gasteiger partial charge in [0.05, 0.1) is 6.61 Å². The van der Waals surface area contributed by atoms with Gasteiger partial charge >= 0.3 is 5.97 Å². The van der Waals surface area contributed by atoms with Crippen LogP contribution in [0.5, 0.6) is 0 Å². The second-order valence-electron chi connectivity index (χ2n) is 3.52. The molecule has 5 nitrogen and oxygen atoms in total. The molecule has 0 amide bonds. The second-order valence-corrected chi connectivity index (χ2v) is 3.52. The molecular formula is C10H17NO4. The molecule has 5 heteroatoms. The largest absolute Gasteiger partial charge is 0.464 e. The summed E-state index contributed by atoms with van der Waals surface area (Å²) in [4.78, 5) is 23.0. The van der Waals surface area contributed by atoms with Crippen molar-refractivity contribution in [2.45, 2.75) is 25.8 Å². The Balaban J connectivity index is 2.47. The van der Waals surface area contributed by atoms with E-state index in [1.807, 2.05) is 0 Å². The van der Waals surface area contributed by atoms with Crippen molar-refractivity contribution in [1.29, 1.82) is 0 Å². The van der Waals surface area contributed by atoms with E-state index in [-0.39, 0.29) is 18.3 Å². The molecule has 86 valence electrons. The van der Waals surface area contributed by atoms with Crippen LogP contribution in [0.1, 0.15) is 19.8 Å². The smallest absolute Gasteiger partial charge is 0.330 e. The number of nitrogens with two attached hydrogens (primary N) is 1. The number of hydrogen-bond acceptors (Lipinski definition) is 5. The van der Waals surface area contributed by atoms with Gasteiger partial charge in [0.2, 0.25) is 0 Å². The van der Waals surface area contributed by atoms with Gasteiger partial charge in [0.15, 0.2) is 11.8 Å². The van der Waals surface area contributed by atoms with Crippen LogP contribution in [0.4, 0.5) is 0 Å². The van der Waals surface area contributed by atoms with Crippen LogP contribution in [-0.2, 0) is 19.1 Å². The summed E-state index contributed by atoms with van der Waals surface area (Å²) in [5.41, 5.74) is 5.51. The van der Waals surface area contributed by atoms with Gasteiger partial charge in [-0.2, -0.15) is 0 Å². The van der Waals surface area contributed by atoms with Crippen LogP contribution in [0, 0.1) is 5.92 Å². The van der Waals surface area contributed by atoms with Crippen LogP contribution in [0.2, 0.25) is 0 Å². The van der Waals surface area contributed by atoms with Gasteiger partial charge in [0.25, 0.3) is 0 Å². The lowest BCUT2D eigenvalue weighted by atomic mass is 9.91. The first-order valence-electron chi connectivity index (χ1n) is 5.20. The van der Waals surface area contributed by atoms with Gasteiger partial charge in [-0.25, -0.2) is 4.79 Å². The van der Waals surface area contributed by atoms with Crippen LogP contribution < -0.4 is 5.73 Å². The first kappa shape index (κ1) is 12.1. The molecule has 1 unspecified atom stereocenters. The molecule has 2 N–H and O–H groups in total. The van der Waals surface area contributed by atoms with Crippen molar-refractivity contribution in [2.24, 2.45) is 11.7 Å². The molecule has 1 saturated heterocycles. The Morgan fingerprint density at radius 1 is 1.47 bits per heavy atom. The molecule has 0 bridgehead atoms.